The molecule has 9 heteroatoms. The zero-order valence-corrected chi connectivity index (χ0v) is 20.1. The third-order valence-corrected chi connectivity index (χ3v) is 6.80. The van der Waals surface area contributed by atoms with E-state index in [2.05, 4.69) is 19.7 Å². The molecular weight excluding hydrogens is 459 g/mol. The van der Waals surface area contributed by atoms with Crippen molar-refractivity contribution in [2.45, 2.75) is 13.5 Å². The van der Waals surface area contributed by atoms with Gasteiger partial charge in [0, 0.05) is 27.8 Å². The molecule has 0 saturated carbocycles. The molecule has 0 radical (unpaired) electrons. The molecule has 3 aromatic rings. The van der Waals surface area contributed by atoms with E-state index in [0.29, 0.717) is 16.6 Å². The van der Waals surface area contributed by atoms with Crippen molar-refractivity contribution in [2.75, 3.05) is 50.8 Å². The Morgan fingerprint density at radius 1 is 1.03 bits per heavy atom. The third-order valence-electron chi connectivity index (χ3n) is 6.23. The van der Waals surface area contributed by atoms with Crippen LogP contribution in [0.15, 0.2) is 47.5 Å². The molecule has 0 amide bonds. The Balaban J connectivity index is 1.48. The molecule has 3 heterocycles. The highest BCUT2D eigenvalue weighted by atomic mass is 35.5. The highest BCUT2D eigenvalue weighted by Crippen LogP contribution is 2.32. The van der Waals surface area contributed by atoms with Crippen molar-refractivity contribution in [3.8, 4) is 5.69 Å². The van der Waals surface area contributed by atoms with Crippen LogP contribution in [0.2, 0.25) is 10.0 Å². The van der Waals surface area contributed by atoms with Gasteiger partial charge in [-0.3, -0.25) is 9.56 Å². The molecule has 1 aromatic heterocycles. The lowest BCUT2D eigenvalue weighted by Gasteiger charge is -2.32. The molecule has 0 unspecified atom stereocenters. The van der Waals surface area contributed by atoms with Crippen molar-refractivity contribution in [3.63, 3.8) is 0 Å². The summed E-state index contributed by atoms with van der Waals surface area (Å²) < 4.78 is 7.66. The van der Waals surface area contributed by atoms with E-state index in [-0.39, 0.29) is 0 Å². The number of piperazine rings is 1. The molecule has 0 atom stereocenters. The summed E-state index contributed by atoms with van der Waals surface area (Å²) in [6, 6.07) is 13.6. The van der Waals surface area contributed by atoms with Gasteiger partial charge in [0.05, 0.1) is 44.2 Å². The van der Waals surface area contributed by atoms with Gasteiger partial charge >= 0.3 is 0 Å². The number of aliphatic imine (C=N–C) groups is 1. The van der Waals surface area contributed by atoms with Gasteiger partial charge in [-0.25, -0.2) is 0 Å². The molecule has 1 N–H and O–H groups in total. The summed E-state index contributed by atoms with van der Waals surface area (Å²) in [7, 11) is 0. The van der Waals surface area contributed by atoms with E-state index in [4.69, 9.17) is 32.9 Å². The second kappa shape index (κ2) is 9.81. The Bertz CT molecular complexity index is 1170. The Morgan fingerprint density at radius 3 is 2.64 bits per heavy atom. The van der Waals surface area contributed by atoms with Crippen molar-refractivity contribution >= 4 is 34.9 Å². The fraction of sp³-hybridized carbons (Fsp3) is 0.375. The van der Waals surface area contributed by atoms with Crippen LogP contribution in [-0.2, 0) is 11.3 Å². The van der Waals surface area contributed by atoms with Crippen LogP contribution >= 0.6 is 23.2 Å². The number of nitrogens with one attached hydrogen (secondary N) is 1. The van der Waals surface area contributed by atoms with Gasteiger partial charge in [-0.15, -0.1) is 10.2 Å². The first-order valence-electron chi connectivity index (χ1n) is 11.4. The van der Waals surface area contributed by atoms with E-state index >= 15 is 0 Å². The number of benzene rings is 2. The molecule has 33 heavy (non-hydrogen) atoms. The van der Waals surface area contributed by atoms with Crippen LogP contribution in [0.25, 0.3) is 5.69 Å². The smallest absolute Gasteiger partial charge is 0.232 e. The predicted octanol–water partition coefficient (Wildman–Crippen LogP) is 2.67. The summed E-state index contributed by atoms with van der Waals surface area (Å²) in [5, 5.41) is 10.4. The van der Waals surface area contributed by atoms with Gasteiger partial charge in [0.2, 0.25) is 5.95 Å². The number of ether oxygens (including phenoxy) is 1. The fourth-order valence-corrected chi connectivity index (χ4v) is 4.90. The van der Waals surface area contributed by atoms with Crippen molar-refractivity contribution < 1.29 is 9.64 Å². The number of rotatable bonds is 6. The highest BCUT2D eigenvalue weighted by molar-refractivity contribution is 6.36. The lowest BCUT2D eigenvalue weighted by Crippen LogP contribution is -3.15. The second-order valence-corrected chi connectivity index (χ2v) is 9.09. The maximum absolute atomic E-state index is 6.55. The van der Waals surface area contributed by atoms with Crippen LogP contribution < -0.4 is 9.80 Å². The maximum atomic E-state index is 6.55. The zero-order chi connectivity index (χ0) is 22.8. The minimum Gasteiger partial charge on any atom is -0.376 e. The van der Waals surface area contributed by atoms with E-state index in [1.54, 1.807) is 4.90 Å². The molecule has 0 aliphatic carbocycles. The van der Waals surface area contributed by atoms with E-state index in [1.807, 2.05) is 49.4 Å². The summed E-state index contributed by atoms with van der Waals surface area (Å²) >= 11 is 13.0. The van der Waals surface area contributed by atoms with Gasteiger partial charge in [0.25, 0.3) is 0 Å². The lowest BCUT2D eigenvalue weighted by molar-refractivity contribution is -0.901. The standard InChI is InChI=1S/C24H26Cl2N6O/c1-2-33-14-13-30-9-11-31(12-10-30)24-29-28-22-16-27-23(18-5-3-4-6-20(18)26)19-15-17(25)7-8-21(19)32(22)24/h3-8,15H,2,9-14,16H2,1H3/p+1. The minimum atomic E-state index is 0.416. The molecule has 1 fully saturated rings. The Labute approximate surface area is 203 Å². The number of quaternary nitrogens is 1. The molecule has 2 aliphatic rings. The van der Waals surface area contributed by atoms with Crippen LogP contribution in [-0.4, -0.2) is 66.4 Å². The summed E-state index contributed by atoms with van der Waals surface area (Å²) in [6.45, 7) is 9.00. The maximum Gasteiger partial charge on any atom is 0.232 e. The number of hydrogen-bond acceptors (Lipinski definition) is 5. The van der Waals surface area contributed by atoms with Gasteiger partial charge in [-0.1, -0.05) is 41.4 Å². The van der Waals surface area contributed by atoms with Gasteiger partial charge in [-0.2, -0.15) is 0 Å². The van der Waals surface area contributed by atoms with Crippen molar-refractivity contribution in [3.05, 3.63) is 69.5 Å². The third kappa shape index (κ3) is 4.51. The minimum absolute atomic E-state index is 0.416. The molecule has 1 saturated heterocycles. The molecule has 2 aliphatic heterocycles. The second-order valence-electron chi connectivity index (χ2n) is 8.24. The zero-order valence-electron chi connectivity index (χ0n) is 18.6. The van der Waals surface area contributed by atoms with Crippen LogP contribution in [0.3, 0.4) is 0 Å². The van der Waals surface area contributed by atoms with Crippen LogP contribution in [0.4, 0.5) is 5.95 Å². The molecule has 172 valence electrons. The quantitative estimate of drug-likeness (QED) is 0.545. The largest absolute Gasteiger partial charge is 0.376 e. The van der Waals surface area contributed by atoms with E-state index in [9.17, 15) is 0 Å². The Morgan fingerprint density at radius 2 is 1.85 bits per heavy atom. The number of halogens is 2. The van der Waals surface area contributed by atoms with Crippen LogP contribution in [0.5, 0.6) is 0 Å². The van der Waals surface area contributed by atoms with Crippen molar-refractivity contribution in [2.24, 2.45) is 4.99 Å². The Kier molecular flexibility index (Phi) is 6.64. The van der Waals surface area contributed by atoms with E-state index in [0.717, 1.165) is 80.2 Å². The molecule has 7 nitrogen and oxygen atoms in total. The SMILES string of the molecule is CCOCC[NH+]1CCN(c2nnc3n2-c2ccc(Cl)cc2C(c2ccccc2Cl)=NC3)CC1. The normalized spacial score (nSPS) is 16.2. The molecule has 0 bridgehead atoms. The molecule has 2 aromatic carbocycles. The predicted molar refractivity (Wildman–Crippen MR) is 131 cm³/mol. The van der Waals surface area contributed by atoms with E-state index < -0.39 is 0 Å². The van der Waals surface area contributed by atoms with Gasteiger partial charge in [0.15, 0.2) is 5.82 Å². The Hall–Kier alpha value is -2.45. The average molecular weight is 486 g/mol. The van der Waals surface area contributed by atoms with Gasteiger partial charge in [-0.05, 0) is 31.2 Å². The number of fused-ring (bicyclic) bond motifs is 3. The fourth-order valence-electron chi connectivity index (χ4n) is 4.51. The van der Waals surface area contributed by atoms with Crippen molar-refractivity contribution in [1.82, 2.24) is 14.8 Å². The lowest BCUT2D eigenvalue weighted by atomic mass is 10.0. The molecular formula is C24H27Cl2N6O+. The highest BCUT2D eigenvalue weighted by Gasteiger charge is 2.29. The first-order valence-corrected chi connectivity index (χ1v) is 12.1. The number of aromatic nitrogens is 3. The number of hydrogen-bond donors (Lipinski definition) is 1. The van der Waals surface area contributed by atoms with Gasteiger partial charge < -0.3 is 14.5 Å². The molecule has 0 spiro atoms. The average Bonchev–Trinajstić information content (AvgIpc) is 3.18. The number of nitrogens with zero attached hydrogens (tertiary/aromatic N) is 5. The summed E-state index contributed by atoms with van der Waals surface area (Å²) in [5.74, 6) is 1.66. The first kappa shape index (κ1) is 22.3. The number of anilines is 1. The monoisotopic (exact) mass is 485 g/mol. The summed E-state index contributed by atoms with van der Waals surface area (Å²) in [6.07, 6.45) is 0. The van der Waals surface area contributed by atoms with E-state index in [1.165, 1.54) is 0 Å². The summed E-state index contributed by atoms with van der Waals surface area (Å²) in [5.41, 5.74) is 3.60. The summed E-state index contributed by atoms with van der Waals surface area (Å²) in [4.78, 5) is 8.78. The van der Waals surface area contributed by atoms with Crippen LogP contribution in [0.1, 0.15) is 23.9 Å². The van der Waals surface area contributed by atoms with Crippen LogP contribution in [0, 0.1) is 0 Å². The van der Waals surface area contributed by atoms with Crippen molar-refractivity contribution in [1.29, 1.82) is 0 Å². The topological polar surface area (TPSA) is 60.0 Å². The first-order chi connectivity index (χ1) is 16.2. The molecule has 5 rings (SSSR count). The van der Waals surface area contributed by atoms with Gasteiger partial charge in [0.1, 0.15) is 13.1 Å².